The molecule has 6 nitrogen and oxygen atoms in total. The molecule has 25 heavy (non-hydrogen) atoms. The molecule has 0 atom stereocenters. The Morgan fingerprint density at radius 2 is 1.88 bits per heavy atom. The van der Waals surface area contributed by atoms with Crippen molar-refractivity contribution < 1.29 is 9.21 Å². The SMILES string of the molecule is Cc1ccc(C(=O)N2CCc3ncnc(-c4ccncc4)c3CC2)o1. The summed E-state index contributed by atoms with van der Waals surface area (Å²) in [4.78, 5) is 27.5. The molecule has 0 aromatic carbocycles. The number of furan rings is 1. The van der Waals surface area contributed by atoms with Crippen LogP contribution in [0.4, 0.5) is 0 Å². The van der Waals surface area contributed by atoms with Gasteiger partial charge in [-0.15, -0.1) is 0 Å². The minimum atomic E-state index is -0.0701. The summed E-state index contributed by atoms with van der Waals surface area (Å²) in [6, 6.07) is 7.44. The molecule has 0 spiro atoms. The molecule has 0 saturated carbocycles. The van der Waals surface area contributed by atoms with Gasteiger partial charge in [-0.2, -0.15) is 0 Å². The fraction of sp³-hybridized carbons (Fsp3) is 0.263. The molecule has 0 aliphatic carbocycles. The maximum atomic E-state index is 12.7. The molecule has 1 aliphatic heterocycles. The molecular weight excluding hydrogens is 316 g/mol. The van der Waals surface area contributed by atoms with E-state index in [-0.39, 0.29) is 5.91 Å². The molecule has 6 heteroatoms. The van der Waals surface area contributed by atoms with E-state index in [2.05, 4.69) is 15.0 Å². The van der Waals surface area contributed by atoms with Crippen LogP contribution in [0.25, 0.3) is 11.3 Å². The Kier molecular flexibility index (Phi) is 4.01. The van der Waals surface area contributed by atoms with Crippen molar-refractivity contribution in [2.75, 3.05) is 13.1 Å². The van der Waals surface area contributed by atoms with Gasteiger partial charge in [0.15, 0.2) is 5.76 Å². The molecule has 0 radical (unpaired) electrons. The average Bonchev–Trinajstić information content (AvgIpc) is 2.96. The minimum Gasteiger partial charge on any atom is -0.456 e. The van der Waals surface area contributed by atoms with Gasteiger partial charge < -0.3 is 9.32 Å². The lowest BCUT2D eigenvalue weighted by molar-refractivity contribution is 0.0729. The Hall–Kier alpha value is -3.02. The molecule has 0 N–H and O–H groups in total. The van der Waals surface area contributed by atoms with Gasteiger partial charge in [0.1, 0.15) is 12.1 Å². The molecule has 4 rings (SSSR count). The molecule has 1 aliphatic rings. The fourth-order valence-corrected chi connectivity index (χ4v) is 3.19. The highest BCUT2D eigenvalue weighted by atomic mass is 16.3. The van der Waals surface area contributed by atoms with E-state index >= 15 is 0 Å². The van der Waals surface area contributed by atoms with E-state index in [0.29, 0.717) is 25.3 Å². The number of carbonyl (C=O) groups is 1. The minimum absolute atomic E-state index is 0.0701. The molecule has 1 amide bonds. The molecule has 0 bridgehead atoms. The smallest absolute Gasteiger partial charge is 0.289 e. The highest BCUT2D eigenvalue weighted by Gasteiger charge is 2.24. The highest BCUT2D eigenvalue weighted by molar-refractivity contribution is 5.91. The Bertz CT molecular complexity index is 905. The van der Waals surface area contributed by atoms with Crippen LogP contribution >= 0.6 is 0 Å². The Morgan fingerprint density at radius 1 is 1.08 bits per heavy atom. The second-order valence-corrected chi connectivity index (χ2v) is 6.09. The number of fused-ring (bicyclic) bond motifs is 1. The van der Waals surface area contributed by atoms with E-state index in [1.54, 1.807) is 24.8 Å². The first-order chi connectivity index (χ1) is 12.2. The van der Waals surface area contributed by atoms with Crippen molar-refractivity contribution in [1.29, 1.82) is 0 Å². The zero-order chi connectivity index (χ0) is 17.2. The van der Waals surface area contributed by atoms with Crippen LogP contribution in [0.15, 0.2) is 47.4 Å². The van der Waals surface area contributed by atoms with Crippen molar-refractivity contribution in [2.45, 2.75) is 19.8 Å². The summed E-state index contributed by atoms with van der Waals surface area (Å²) in [5, 5.41) is 0. The third-order valence-electron chi connectivity index (χ3n) is 4.48. The van der Waals surface area contributed by atoms with Gasteiger partial charge in [-0.1, -0.05) is 0 Å². The third kappa shape index (κ3) is 3.03. The standard InChI is InChI=1S/C19H18N4O2/c1-13-2-3-17(25-13)19(24)23-10-6-15-16(7-11-23)21-12-22-18(15)14-4-8-20-9-5-14/h2-5,8-9,12H,6-7,10-11H2,1H3. The number of nitrogens with zero attached hydrogens (tertiary/aromatic N) is 4. The first-order valence-electron chi connectivity index (χ1n) is 8.31. The van der Waals surface area contributed by atoms with Gasteiger partial charge in [-0.25, -0.2) is 9.97 Å². The summed E-state index contributed by atoms with van der Waals surface area (Å²) in [5.41, 5.74) is 4.07. The highest BCUT2D eigenvalue weighted by Crippen LogP contribution is 2.25. The molecule has 3 aromatic rings. The predicted molar refractivity (Wildman–Crippen MR) is 92.0 cm³/mol. The topological polar surface area (TPSA) is 72.1 Å². The van der Waals surface area contributed by atoms with Crippen LogP contribution < -0.4 is 0 Å². The van der Waals surface area contributed by atoms with Gasteiger partial charge in [0.2, 0.25) is 0 Å². The Labute approximate surface area is 145 Å². The molecule has 4 heterocycles. The maximum Gasteiger partial charge on any atom is 0.289 e. The lowest BCUT2D eigenvalue weighted by Crippen LogP contribution is -2.33. The fourth-order valence-electron chi connectivity index (χ4n) is 3.19. The summed E-state index contributed by atoms with van der Waals surface area (Å²) in [6.07, 6.45) is 6.55. The predicted octanol–water partition coefficient (Wildman–Crippen LogP) is 2.68. The van der Waals surface area contributed by atoms with Gasteiger partial charge in [0.25, 0.3) is 5.91 Å². The molecular formula is C19H18N4O2. The van der Waals surface area contributed by atoms with Crippen LogP contribution in [0.2, 0.25) is 0 Å². The number of aryl methyl sites for hydroxylation is 1. The largest absolute Gasteiger partial charge is 0.456 e. The van der Waals surface area contributed by atoms with Gasteiger partial charge in [-0.05, 0) is 37.6 Å². The van der Waals surface area contributed by atoms with Gasteiger partial charge in [0.05, 0.1) is 5.69 Å². The molecule has 126 valence electrons. The zero-order valence-electron chi connectivity index (χ0n) is 14.0. The first-order valence-corrected chi connectivity index (χ1v) is 8.31. The summed E-state index contributed by atoms with van der Waals surface area (Å²) < 4.78 is 5.48. The van der Waals surface area contributed by atoms with Crippen LogP contribution in [-0.4, -0.2) is 38.8 Å². The number of hydrogen-bond acceptors (Lipinski definition) is 5. The monoisotopic (exact) mass is 334 g/mol. The van der Waals surface area contributed by atoms with Crippen molar-refractivity contribution in [1.82, 2.24) is 19.9 Å². The van der Waals surface area contributed by atoms with Crippen LogP contribution in [0.5, 0.6) is 0 Å². The summed E-state index contributed by atoms with van der Waals surface area (Å²) in [5.74, 6) is 1.07. The van der Waals surface area contributed by atoms with E-state index < -0.39 is 0 Å². The van der Waals surface area contributed by atoms with E-state index in [0.717, 1.165) is 34.7 Å². The first kappa shape index (κ1) is 15.5. The van der Waals surface area contributed by atoms with Gasteiger partial charge in [-0.3, -0.25) is 9.78 Å². The quantitative estimate of drug-likeness (QED) is 0.720. The number of hydrogen-bond donors (Lipinski definition) is 0. The van der Waals surface area contributed by atoms with Crippen LogP contribution in [0.3, 0.4) is 0 Å². The van der Waals surface area contributed by atoms with Crippen molar-refractivity contribution in [3.8, 4) is 11.3 Å². The van der Waals surface area contributed by atoms with E-state index in [4.69, 9.17) is 4.42 Å². The summed E-state index contributed by atoms with van der Waals surface area (Å²) in [7, 11) is 0. The van der Waals surface area contributed by atoms with Crippen molar-refractivity contribution in [2.24, 2.45) is 0 Å². The molecule has 0 saturated heterocycles. The molecule has 0 unspecified atom stereocenters. The summed E-state index contributed by atoms with van der Waals surface area (Å²) in [6.45, 7) is 3.08. The average molecular weight is 334 g/mol. The van der Waals surface area contributed by atoms with Crippen LogP contribution in [0.1, 0.15) is 27.6 Å². The number of rotatable bonds is 2. The van der Waals surface area contributed by atoms with E-state index in [9.17, 15) is 4.79 Å². The van der Waals surface area contributed by atoms with Crippen molar-refractivity contribution >= 4 is 5.91 Å². The number of amides is 1. The van der Waals surface area contributed by atoms with Crippen LogP contribution in [0, 0.1) is 6.92 Å². The molecule has 3 aromatic heterocycles. The van der Waals surface area contributed by atoms with Crippen molar-refractivity contribution in [3.63, 3.8) is 0 Å². The number of pyridine rings is 1. The lowest BCUT2D eigenvalue weighted by atomic mass is 10.0. The van der Waals surface area contributed by atoms with Gasteiger partial charge >= 0.3 is 0 Å². The number of aromatic nitrogens is 3. The van der Waals surface area contributed by atoms with E-state index in [1.807, 2.05) is 30.0 Å². The third-order valence-corrected chi connectivity index (χ3v) is 4.48. The van der Waals surface area contributed by atoms with Gasteiger partial charge in [0, 0.05) is 48.7 Å². The zero-order valence-corrected chi connectivity index (χ0v) is 14.0. The van der Waals surface area contributed by atoms with Crippen molar-refractivity contribution in [3.05, 3.63) is 65.8 Å². The Balaban J connectivity index is 1.61. The normalized spacial score (nSPS) is 14.0. The number of carbonyl (C=O) groups excluding carboxylic acids is 1. The molecule has 0 fully saturated rings. The second kappa shape index (κ2) is 6.47. The Morgan fingerprint density at radius 3 is 2.64 bits per heavy atom. The second-order valence-electron chi connectivity index (χ2n) is 6.09. The van der Waals surface area contributed by atoms with Crippen LogP contribution in [-0.2, 0) is 12.8 Å². The summed E-state index contributed by atoms with van der Waals surface area (Å²) >= 11 is 0. The van der Waals surface area contributed by atoms with E-state index in [1.165, 1.54) is 0 Å². The lowest BCUT2D eigenvalue weighted by Gasteiger charge is -2.18. The maximum absolute atomic E-state index is 12.7.